The van der Waals surface area contributed by atoms with Crippen LogP contribution in [0.4, 0.5) is 0 Å². The molecular weight excluding hydrogens is 358 g/mol. The fraction of sp³-hybridized carbons (Fsp3) is 0.300. The molecule has 0 unspecified atom stereocenters. The van der Waals surface area contributed by atoms with E-state index in [2.05, 4.69) is 19.9 Å². The molecular formula is C20H21N5O3. The van der Waals surface area contributed by atoms with Crippen molar-refractivity contribution in [3.63, 3.8) is 0 Å². The van der Waals surface area contributed by atoms with Crippen LogP contribution >= 0.6 is 0 Å². The van der Waals surface area contributed by atoms with Gasteiger partial charge in [-0.1, -0.05) is 0 Å². The van der Waals surface area contributed by atoms with Crippen molar-refractivity contribution >= 4 is 5.91 Å². The number of nitrogens with zero attached hydrogens (tertiary/aromatic N) is 3. The third-order valence-corrected chi connectivity index (χ3v) is 4.98. The summed E-state index contributed by atoms with van der Waals surface area (Å²) in [6.07, 6.45) is 2.38. The summed E-state index contributed by atoms with van der Waals surface area (Å²) in [4.78, 5) is 41.3. The number of carbonyl (C=O) groups excluding carboxylic acids is 1. The van der Waals surface area contributed by atoms with Gasteiger partial charge in [-0.2, -0.15) is 0 Å². The summed E-state index contributed by atoms with van der Waals surface area (Å²) in [7, 11) is 1.57. The van der Waals surface area contributed by atoms with Gasteiger partial charge >= 0.3 is 0 Å². The minimum Gasteiger partial charge on any atom is -0.481 e. The molecule has 0 saturated heterocycles. The lowest BCUT2D eigenvalue weighted by atomic mass is 10.0. The van der Waals surface area contributed by atoms with Crippen LogP contribution in [0, 0.1) is 13.8 Å². The molecule has 0 spiro atoms. The summed E-state index contributed by atoms with van der Waals surface area (Å²) >= 11 is 0. The Balaban J connectivity index is 1.59. The lowest BCUT2D eigenvalue weighted by Gasteiger charge is -2.27. The molecule has 0 aliphatic carbocycles. The number of imidazole rings is 1. The first-order valence-electron chi connectivity index (χ1n) is 9.04. The average Bonchev–Trinajstić information content (AvgIpc) is 3.10. The van der Waals surface area contributed by atoms with Gasteiger partial charge in [0.15, 0.2) is 0 Å². The molecule has 28 heavy (non-hydrogen) atoms. The predicted molar refractivity (Wildman–Crippen MR) is 103 cm³/mol. The number of aromatic nitrogens is 4. The topological polar surface area (TPSA) is 104 Å². The molecule has 0 saturated carbocycles. The van der Waals surface area contributed by atoms with Crippen LogP contribution in [0.25, 0.3) is 11.4 Å². The van der Waals surface area contributed by atoms with Gasteiger partial charge in [-0.3, -0.25) is 9.59 Å². The molecule has 8 nitrogen and oxygen atoms in total. The summed E-state index contributed by atoms with van der Waals surface area (Å²) in [5.41, 5.74) is 4.39. The van der Waals surface area contributed by atoms with Crippen molar-refractivity contribution in [3.8, 4) is 17.3 Å². The summed E-state index contributed by atoms with van der Waals surface area (Å²) in [5, 5.41) is 0. The number of nitrogens with one attached hydrogen (secondary N) is 2. The molecule has 144 valence electrons. The number of fused-ring (bicyclic) bond motifs is 1. The Kier molecular flexibility index (Phi) is 4.46. The maximum absolute atomic E-state index is 13.1. The third-order valence-electron chi connectivity index (χ3n) is 4.98. The highest BCUT2D eigenvalue weighted by molar-refractivity contribution is 5.96. The Labute approximate surface area is 161 Å². The zero-order valence-corrected chi connectivity index (χ0v) is 16.0. The molecule has 8 heteroatoms. The summed E-state index contributed by atoms with van der Waals surface area (Å²) in [6.45, 7) is 4.57. The number of aromatic amines is 2. The Morgan fingerprint density at radius 2 is 2.07 bits per heavy atom. The number of ether oxygens (including phenoxy) is 1. The minimum absolute atomic E-state index is 0.0841. The molecule has 3 aromatic rings. The standard InChI is InChI=1S/C20H21N5O3/c1-11-8-16(26)22-12(2)18(11)20(27)25-7-6-14-15(10-25)24-19(23-14)13-4-5-17(28-3)21-9-13/h4-5,8-9H,6-7,10H2,1-3H3,(H,22,26)(H,23,24). The lowest BCUT2D eigenvalue weighted by Crippen LogP contribution is -2.37. The normalized spacial score (nSPS) is 13.3. The quantitative estimate of drug-likeness (QED) is 0.724. The lowest BCUT2D eigenvalue weighted by molar-refractivity contribution is 0.0730. The molecule has 3 aromatic heterocycles. The first kappa shape index (κ1) is 18.0. The van der Waals surface area contributed by atoms with Crippen molar-refractivity contribution in [2.45, 2.75) is 26.8 Å². The average molecular weight is 379 g/mol. The van der Waals surface area contributed by atoms with Crippen LogP contribution in [0.2, 0.25) is 0 Å². The van der Waals surface area contributed by atoms with Crippen molar-refractivity contribution in [2.24, 2.45) is 0 Å². The van der Waals surface area contributed by atoms with Crippen molar-refractivity contribution in [2.75, 3.05) is 13.7 Å². The summed E-state index contributed by atoms with van der Waals surface area (Å²) in [5.74, 6) is 1.19. The van der Waals surface area contributed by atoms with E-state index >= 15 is 0 Å². The number of pyridine rings is 2. The zero-order valence-electron chi connectivity index (χ0n) is 16.0. The van der Waals surface area contributed by atoms with Gasteiger partial charge in [0, 0.05) is 42.6 Å². The van der Waals surface area contributed by atoms with Crippen LogP contribution in [0.15, 0.2) is 29.2 Å². The van der Waals surface area contributed by atoms with E-state index in [4.69, 9.17) is 4.74 Å². The monoisotopic (exact) mass is 379 g/mol. The smallest absolute Gasteiger partial charge is 0.256 e. The van der Waals surface area contributed by atoms with Gasteiger partial charge in [-0.25, -0.2) is 9.97 Å². The van der Waals surface area contributed by atoms with Gasteiger partial charge in [0.2, 0.25) is 11.4 Å². The number of rotatable bonds is 3. The van der Waals surface area contributed by atoms with E-state index in [-0.39, 0.29) is 11.5 Å². The van der Waals surface area contributed by atoms with Crippen molar-refractivity contribution in [3.05, 3.63) is 63.0 Å². The second-order valence-electron chi connectivity index (χ2n) is 6.89. The molecule has 0 fully saturated rings. The largest absolute Gasteiger partial charge is 0.481 e. The molecule has 0 radical (unpaired) electrons. The predicted octanol–water partition coefficient (Wildman–Crippen LogP) is 1.98. The van der Waals surface area contributed by atoms with E-state index in [0.717, 1.165) is 22.8 Å². The minimum atomic E-state index is -0.196. The van der Waals surface area contributed by atoms with Crippen LogP contribution in [-0.2, 0) is 13.0 Å². The van der Waals surface area contributed by atoms with Gasteiger partial charge in [-0.05, 0) is 25.5 Å². The fourth-order valence-electron chi connectivity index (χ4n) is 3.58. The Hall–Kier alpha value is -3.42. The van der Waals surface area contributed by atoms with E-state index in [0.29, 0.717) is 42.2 Å². The maximum atomic E-state index is 13.1. The van der Waals surface area contributed by atoms with Gasteiger partial charge in [0.1, 0.15) is 5.82 Å². The number of aryl methyl sites for hydroxylation is 2. The molecule has 0 atom stereocenters. The highest BCUT2D eigenvalue weighted by atomic mass is 16.5. The summed E-state index contributed by atoms with van der Waals surface area (Å²) < 4.78 is 5.09. The molecule has 1 amide bonds. The SMILES string of the molecule is COc1ccc(-c2nc3c([nH]2)CN(C(=O)c2c(C)cc(=O)[nH]c2C)CC3)cn1. The molecule has 2 N–H and O–H groups in total. The number of methoxy groups -OCH3 is 1. The maximum Gasteiger partial charge on any atom is 0.256 e. The summed E-state index contributed by atoms with van der Waals surface area (Å²) in [6, 6.07) is 5.14. The van der Waals surface area contributed by atoms with E-state index < -0.39 is 0 Å². The second kappa shape index (κ2) is 6.95. The first-order chi connectivity index (χ1) is 13.5. The van der Waals surface area contributed by atoms with Crippen molar-refractivity contribution in [1.82, 2.24) is 24.8 Å². The Morgan fingerprint density at radius 1 is 1.25 bits per heavy atom. The number of hydrogen-bond acceptors (Lipinski definition) is 5. The van der Waals surface area contributed by atoms with E-state index in [1.807, 2.05) is 6.07 Å². The number of carbonyl (C=O) groups is 1. The molecule has 4 rings (SSSR count). The van der Waals surface area contributed by atoms with Gasteiger partial charge < -0.3 is 19.6 Å². The molecule has 0 bridgehead atoms. The van der Waals surface area contributed by atoms with Crippen LogP contribution in [0.5, 0.6) is 5.88 Å². The highest BCUT2D eigenvalue weighted by Crippen LogP contribution is 2.25. The molecule has 1 aliphatic heterocycles. The number of amides is 1. The molecule has 0 aromatic carbocycles. The van der Waals surface area contributed by atoms with E-state index in [9.17, 15) is 9.59 Å². The highest BCUT2D eigenvalue weighted by Gasteiger charge is 2.27. The third kappa shape index (κ3) is 3.17. The molecule has 1 aliphatic rings. The van der Waals surface area contributed by atoms with Crippen LogP contribution < -0.4 is 10.3 Å². The van der Waals surface area contributed by atoms with Crippen LogP contribution in [0.1, 0.15) is 33.0 Å². The van der Waals surface area contributed by atoms with E-state index in [1.54, 1.807) is 38.1 Å². The van der Waals surface area contributed by atoms with Crippen LogP contribution in [-0.4, -0.2) is 44.4 Å². The fourth-order valence-corrected chi connectivity index (χ4v) is 3.58. The first-order valence-corrected chi connectivity index (χ1v) is 9.04. The van der Waals surface area contributed by atoms with Crippen molar-refractivity contribution < 1.29 is 9.53 Å². The number of hydrogen-bond donors (Lipinski definition) is 2. The van der Waals surface area contributed by atoms with Crippen LogP contribution in [0.3, 0.4) is 0 Å². The van der Waals surface area contributed by atoms with E-state index in [1.165, 1.54) is 6.07 Å². The van der Waals surface area contributed by atoms with Gasteiger partial charge in [0.25, 0.3) is 5.91 Å². The van der Waals surface area contributed by atoms with Gasteiger partial charge in [0.05, 0.1) is 30.6 Å². The Bertz CT molecular complexity index is 1070. The van der Waals surface area contributed by atoms with Gasteiger partial charge in [-0.15, -0.1) is 0 Å². The zero-order chi connectivity index (χ0) is 19.8. The van der Waals surface area contributed by atoms with Crippen molar-refractivity contribution in [1.29, 1.82) is 0 Å². The number of H-pyrrole nitrogens is 2. The Morgan fingerprint density at radius 3 is 2.75 bits per heavy atom. The second-order valence-corrected chi connectivity index (χ2v) is 6.89. The molecule has 4 heterocycles.